The molecule has 1 aliphatic heterocycles. The maximum Gasteiger partial charge on any atom is 0.0652 e. The summed E-state index contributed by atoms with van der Waals surface area (Å²) in [6.07, 6.45) is 0. The Hall–Kier alpha value is -0.830. The summed E-state index contributed by atoms with van der Waals surface area (Å²) in [5, 5.41) is 4.85. The highest BCUT2D eigenvalue weighted by molar-refractivity contribution is 7.98. The Morgan fingerprint density at radius 2 is 1.95 bits per heavy atom. The molecule has 3 rings (SSSR count). The van der Waals surface area contributed by atoms with Crippen LogP contribution in [0.2, 0.25) is 10.0 Å². The van der Waals surface area contributed by atoms with Crippen LogP contribution < -0.4 is 5.32 Å². The van der Waals surface area contributed by atoms with Crippen molar-refractivity contribution in [3.8, 4) is 0 Å². The van der Waals surface area contributed by atoms with Crippen LogP contribution in [-0.2, 0) is 5.75 Å². The Morgan fingerprint density at radius 1 is 1.11 bits per heavy atom. The molecule has 98 valence electrons. The van der Waals surface area contributed by atoms with Crippen LogP contribution in [0.1, 0.15) is 17.2 Å². The van der Waals surface area contributed by atoms with E-state index in [2.05, 4.69) is 29.6 Å². The highest BCUT2D eigenvalue weighted by Crippen LogP contribution is 2.35. The van der Waals surface area contributed by atoms with Crippen LogP contribution in [0.5, 0.6) is 0 Å². The van der Waals surface area contributed by atoms with Gasteiger partial charge in [-0.05, 0) is 29.3 Å². The average Bonchev–Trinajstić information content (AvgIpc) is 2.42. The Bertz CT molecular complexity index is 600. The lowest BCUT2D eigenvalue weighted by atomic mass is 10.0. The Kier molecular flexibility index (Phi) is 3.92. The second-order valence-corrected chi connectivity index (χ2v) is 6.41. The Morgan fingerprint density at radius 3 is 2.79 bits per heavy atom. The van der Waals surface area contributed by atoms with Gasteiger partial charge in [0, 0.05) is 16.5 Å². The van der Waals surface area contributed by atoms with Crippen LogP contribution in [0, 0.1) is 0 Å². The van der Waals surface area contributed by atoms with Crippen molar-refractivity contribution in [3.63, 3.8) is 0 Å². The van der Waals surface area contributed by atoms with Crippen LogP contribution in [0.25, 0.3) is 0 Å². The number of rotatable bonds is 2. The lowest BCUT2D eigenvalue weighted by molar-refractivity contribution is 0.871. The average molecular weight is 310 g/mol. The fourth-order valence-electron chi connectivity index (χ4n) is 2.30. The monoisotopic (exact) mass is 309 g/mol. The van der Waals surface area contributed by atoms with Crippen molar-refractivity contribution in [2.24, 2.45) is 0 Å². The molecule has 0 saturated carbocycles. The van der Waals surface area contributed by atoms with E-state index in [1.807, 2.05) is 23.9 Å². The quantitative estimate of drug-likeness (QED) is 0.797. The van der Waals surface area contributed by atoms with E-state index in [0.29, 0.717) is 16.1 Å². The third-order valence-electron chi connectivity index (χ3n) is 3.23. The first-order chi connectivity index (χ1) is 9.24. The molecule has 0 aromatic heterocycles. The molecule has 1 heterocycles. The van der Waals surface area contributed by atoms with Gasteiger partial charge in [0.2, 0.25) is 0 Å². The molecular formula is C15H13Cl2NS. The second kappa shape index (κ2) is 5.66. The molecule has 1 unspecified atom stereocenters. The molecule has 0 amide bonds. The van der Waals surface area contributed by atoms with Crippen molar-refractivity contribution in [1.29, 1.82) is 0 Å². The number of benzene rings is 2. The maximum atomic E-state index is 6.22. The molecule has 2 aromatic carbocycles. The van der Waals surface area contributed by atoms with Gasteiger partial charge in [0.25, 0.3) is 0 Å². The minimum absolute atomic E-state index is 0.300. The SMILES string of the molecule is Clc1ccc(NC2CSCc3ccccc32)c(Cl)c1. The highest BCUT2D eigenvalue weighted by Gasteiger charge is 2.20. The van der Waals surface area contributed by atoms with Crippen LogP contribution in [-0.4, -0.2) is 5.75 Å². The zero-order valence-electron chi connectivity index (χ0n) is 10.2. The maximum absolute atomic E-state index is 6.22. The van der Waals surface area contributed by atoms with Gasteiger partial charge in [-0.15, -0.1) is 0 Å². The van der Waals surface area contributed by atoms with Crippen molar-refractivity contribution >= 4 is 40.7 Å². The number of anilines is 1. The zero-order chi connectivity index (χ0) is 13.2. The van der Waals surface area contributed by atoms with E-state index in [9.17, 15) is 0 Å². The lowest BCUT2D eigenvalue weighted by Gasteiger charge is -2.27. The van der Waals surface area contributed by atoms with Crippen molar-refractivity contribution < 1.29 is 0 Å². The van der Waals surface area contributed by atoms with Crippen molar-refractivity contribution in [2.75, 3.05) is 11.1 Å². The summed E-state index contributed by atoms with van der Waals surface area (Å²) in [7, 11) is 0. The Labute approximate surface area is 127 Å². The summed E-state index contributed by atoms with van der Waals surface area (Å²) in [6, 6.07) is 14.4. The molecule has 2 aromatic rings. The Balaban J connectivity index is 1.88. The zero-order valence-corrected chi connectivity index (χ0v) is 12.5. The van der Waals surface area contributed by atoms with E-state index >= 15 is 0 Å². The van der Waals surface area contributed by atoms with Crippen LogP contribution in [0.3, 0.4) is 0 Å². The van der Waals surface area contributed by atoms with Crippen molar-refractivity contribution in [2.45, 2.75) is 11.8 Å². The number of nitrogens with one attached hydrogen (secondary N) is 1. The van der Waals surface area contributed by atoms with Crippen molar-refractivity contribution in [3.05, 3.63) is 63.6 Å². The van der Waals surface area contributed by atoms with Gasteiger partial charge in [-0.1, -0.05) is 47.5 Å². The molecule has 1 N–H and O–H groups in total. The molecule has 4 heteroatoms. The van der Waals surface area contributed by atoms with Crippen LogP contribution in [0.4, 0.5) is 5.69 Å². The van der Waals surface area contributed by atoms with Crippen LogP contribution >= 0.6 is 35.0 Å². The second-order valence-electron chi connectivity index (χ2n) is 4.54. The molecule has 0 radical (unpaired) electrons. The van der Waals surface area contributed by atoms with Gasteiger partial charge in [0.1, 0.15) is 0 Å². The minimum atomic E-state index is 0.300. The van der Waals surface area contributed by atoms with Gasteiger partial charge in [-0.3, -0.25) is 0 Å². The van der Waals surface area contributed by atoms with E-state index in [1.165, 1.54) is 11.1 Å². The summed E-state index contributed by atoms with van der Waals surface area (Å²) >= 11 is 14.1. The smallest absolute Gasteiger partial charge is 0.0652 e. The molecular weight excluding hydrogens is 297 g/mol. The van der Waals surface area contributed by atoms with E-state index in [4.69, 9.17) is 23.2 Å². The largest absolute Gasteiger partial charge is 0.376 e. The summed E-state index contributed by atoms with van der Waals surface area (Å²) < 4.78 is 0. The van der Waals surface area contributed by atoms with E-state index < -0.39 is 0 Å². The van der Waals surface area contributed by atoms with E-state index in [1.54, 1.807) is 6.07 Å². The van der Waals surface area contributed by atoms with Gasteiger partial charge in [0.15, 0.2) is 0 Å². The predicted octanol–water partition coefficient (Wildman–Crippen LogP) is 5.39. The fourth-order valence-corrected chi connectivity index (χ4v) is 3.86. The third-order valence-corrected chi connectivity index (χ3v) is 4.87. The van der Waals surface area contributed by atoms with Gasteiger partial charge in [-0.2, -0.15) is 11.8 Å². The summed E-state index contributed by atoms with van der Waals surface area (Å²) in [6.45, 7) is 0. The third kappa shape index (κ3) is 2.86. The molecule has 1 nitrogen and oxygen atoms in total. The predicted molar refractivity (Wildman–Crippen MR) is 85.4 cm³/mol. The first-order valence-electron chi connectivity index (χ1n) is 6.11. The number of thioether (sulfide) groups is 1. The first kappa shape index (κ1) is 13.2. The number of fused-ring (bicyclic) bond motifs is 1. The highest BCUT2D eigenvalue weighted by atomic mass is 35.5. The molecule has 0 spiro atoms. The summed E-state index contributed by atoms with van der Waals surface area (Å²) in [4.78, 5) is 0. The molecule has 1 atom stereocenters. The molecule has 0 aliphatic carbocycles. The number of hydrogen-bond donors (Lipinski definition) is 1. The first-order valence-corrected chi connectivity index (χ1v) is 8.02. The summed E-state index contributed by atoms with van der Waals surface area (Å²) in [5.74, 6) is 2.14. The molecule has 0 saturated heterocycles. The van der Waals surface area contributed by atoms with Gasteiger partial charge < -0.3 is 5.32 Å². The van der Waals surface area contributed by atoms with Gasteiger partial charge in [0.05, 0.1) is 16.8 Å². The lowest BCUT2D eigenvalue weighted by Crippen LogP contribution is -2.18. The molecule has 1 aliphatic rings. The van der Waals surface area contributed by atoms with Crippen LogP contribution in [0.15, 0.2) is 42.5 Å². The topological polar surface area (TPSA) is 12.0 Å². The minimum Gasteiger partial charge on any atom is -0.376 e. The van der Waals surface area contributed by atoms with Gasteiger partial charge >= 0.3 is 0 Å². The standard InChI is InChI=1S/C15H13Cl2NS/c16-11-5-6-14(13(17)7-11)18-15-9-19-8-10-3-1-2-4-12(10)15/h1-7,15,18H,8-9H2. The van der Waals surface area contributed by atoms with Crippen molar-refractivity contribution in [1.82, 2.24) is 0 Å². The summed E-state index contributed by atoms with van der Waals surface area (Å²) in [5.41, 5.74) is 3.71. The molecule has 0 fully saturated rings. The van der Waals surface area contributed by atoms with Gasteiger partial charge in [-0.25, -0.2) is 0 Å². The van der Waals surface area contributed by atoms with E-state index in [-0.39, 0.29) is 0 Å². The molecule has 19 heavy (non-hydrogen) atoms. The molecule has 0 bridgehead atoms. The number of hydrogen-bond acceptors (Lipinski definition) is 2. The number of halogens is 2. The fraction of sp³-hybridized carbons (Fsp3) is 0.200. The van der Waals surface area contributed by atoms with E-state index in [0.717, 1.165) is 17.2 Å². The normalized spacial score (nSPS) is 17.9.